The third-order valence-corrected chi connectivity index (χ3v) is 4.57. The highest BCUT2D eigenvalue weighted by molar-refractivity contribution is 14.1. The summed E-state index contributed by atoms with van der Waals surface area (Å²) in [5.41, 5.74) is 9.27. The number of hydrogen-bond donors (Lipinski definition) is 1. The average Bonchev–Trinajstić information content (AvgIpc) is 2.65. The Kier molecular flexibility index (Phi) is 5.28. The van der Waals surface area contributed by atoms with Gasteiger partial charge >= 0.3 is 0 Å². The lowest BCUT2D eigenvalue weighted by Gasteiger charge is -2.00. The molecule has 3 heteroatoms. The number of thiophene rings is 1. The molecule has 0 aliphatic heterocycles. The van der Waals surface area contributed by atoms with Crippen LogP contribution < -0.4 is 5.73 Å². The van der Waals surface area contributed by atoms with Crippen molar-refractivity contribution in [3.05, 3.63) is 43.7 Å². The maximum absolute atomic E-state index is 5.91. The normalized spacial score (nSPS) is 12.1. The molecule has 0 saturated heterocycles. The van der Waals surface area contributed by atoms with Gasteiger partial charge in [-0.25, -0.2) is 0 Å². The van der Waals surface area contributed by atoms with Crippen molar-refractivity contribution >= 4 is 45.2 Å². The van der Waals surface area contributed by atoms with E-state index >= 15 is 0 Å². The molecule has 1 rings (SSSR count). The summed E-state index contributed by atoms with van der Waals surface area (Å²) in [5, 5.41) is 2.02. The fraction of sp³-hybridized carbons (Fsp3) is 0.231. The highest BCUT2D eigenvalue weighted by atomic mass is 127. The SMILES string of the molecule is C/C=C(\C=C/C(I)=C(C)C)c1sccc1N. The Balaban J connectivity index is 2.96. The standard InChI is InChI=1S/C13H16INS/c1-4-10(5-6-11(14)9(2)3)13-12(15)7-8-16-13/h4-8H,15H2,1-3H3/b6-5-,10-4+. The molecule has 0 saturated carbocycles. The van der Waals surface area contributed by atoms with Gasteiger partial charge in [-0.1, -0.05) is 17.7 Å². The van der Waals surface area contributed by atoms with E-state index in [-0.39, 0.29) is 0 Å². The van der Waals surface area contributed by atoms with Gasteiger partial charge in [0, 0.05) is 3.58 Å². The zero-order valence-electron chi connectivity index (χ0n) is 9.75. The van der Waals surface area contributed by atoms with Crippen LogP contribution in [0.5, 0.6) is 0 Å². The number of halogens is 1. The third-order valence-electron chi connectivity index (χ3n) is 2.16. The van der Waals surface area contributed by atoms with Crippen LogP contribution in [0.25, 0.3) is 5.57 Å². The zero-order valence-corrected chi connectivity index (χ0v) is 12.7. The van der Waals surface area contributed by atoms with Crippen molar-refractivity contribution in [2.24, 2.45) is 0 Å². The van der Waals surface area contributed by atoms with Crippen LogP contribution in [0.1, 0.15) is 25.6 Å². The van der Waals surface area contributed by atoms with Crippen LogP contribution in [0, 0.1) is 0 Å². The van der Waals surface area contributed by atoms with Crippen molar-refractivity contribution in [3.63, 3.8) is 0 Å². The summed E-state index contributed by atoms with van der Waals surface area (Å²) in [4.78, 5) is 1.15. The van der Waals surface area contributed by atoms with Crippen molar-refractivity contribution in [3.8, 4) is 0 Å². The van der Waals surface area contributed by atoms with E-state index in [2.05, 4.69) is 54.7 Å². The zero-order chi connectivity index (χ0) is 12.1. The van der Waals surface area contributed by atoms with E-state index < -0.39 is 0 Å². The van der Waals surface area contributed by atoms with Crippen molar-refractivity contribution < 1.29 is 0 Å². The first kappa shape index (κ1) is 13.5. The molecule has 0 atom stereocenters. The lowest BCUT2D eigenvalue weighted by Crippen LogP contribution is -1.86. The molecular formula is C13H16INS. The molecule has 0 aliphatic carbocycles. The summed E-state index contributed by atoms with van der Waals surface area (Å²) < 4.78 is 1.27. The molecule has 0 spiro atoms. The minimum Gasteiger partial charge on any atom is -0.398 e. The fourth-order valence-electron chi connectivity index (χ4n) is 1.19. The second-order valence-corrected chi connectivity index (χ2v) is 5.71. The monoisotopic (exact) mass is 345 g/mol. The van der Waals surface area contributed by atoms with Crippen LogP contribution in [0.3, 0.4) is 0 Å². The lowest BCUT2D eigenvalue weighted by atomic mass is 10.1. The van der Waals surface area contributed by atoms with Gasteiger partial charge in [-0.05, 0) is 66.5 Å². The van der Waals surface area contributed by atoms with Crippen LogP contribution in [-0.4, -0.2) is 0 Å². The summed E-state index contributed by atoms with van der Waals surface area (Å²) in [6, 6.07) is 1.95. The third kappa shape index (κ3) is 3.49. The number of hydrogen-bond acceptors (Lipinski definition) is 2. The average molecular weight is 345 g/mol. The van der Waals surface area contributed by atoms with Crippen LogP contribution >= 0.6 is 33.9 Å². The minimum absolute atomic E-state index is 0.856. The van der Waals surface area contributed by atoms with Gasteiger partial charge in [-0.3, -0.25) is 0 Å². The molecule has 16 heavy (non-hydrogen) atoms. The fourth-order valence-corrected chi connectivity index (χ4v) is 2.24. The van der Waals surface area contributed by atoms with Gasteiger partial charge in [0.05, 0.1) is 10.6 Å². The smallest absolute Gasteiger partial charge is 0.0568 e. The first-order valence-corrected chi connectivity index (χ1v) is 7.02. The van der Waals surface area contributed by atoms with E-state index in [1.807, 2.05) is 18.4 Å². The Hall–Kier alpha value is -0.550. The van der Waals surface area contributed by atoms with E-state index in [1.54, 1.807) is 11.3 Å². The highest BCUT2D eigenvalue weighted by Gasteiger charge is 2.03. The Bertz CT molecular complexity index is 448. The molecule has 0 aromatic carbocycles. The maximum Gasteiger partial charge on any atom is 0.0568 e. The largest absolute Gasteiger partial charge is 0.398 e. The van der Waals surface area contributed by atoms with Crippen molar-refractivity contribution in [2.75, 3.05) is 5.73 Å². The number of allylic oxidation sites excluding steroid dienone is 6. The Morgan fingerprint density at radius 2 is 2.06 bits per heavy atom. The molecule has 0 bridgehead atoms. The number of nitrogens with two attached hydrogens (primary N) is 1. The maximum atomic E-state index is 5.91. The summed E-state index contributed by atoms with van der Waals surface area (Å²) in [7, 11) is 0. The van der Waals surface area contributed by atoms with Crippen LogP contribution in [0.4, 0.5) is 5.69 Å². The Labute approximate surface area is 115 Å². The van der Waals surface area contributed by atoms with Gasteiger partial charge in [0.1, 0.15) is 0 Å². The molecule has 0 amide bonds. The molecule has 1 heterocycles. The summed E-state index contributed by atoms with van der Waals surface area (Å²) in [6.45, 7) is 6.26. The molecule has 0 radical (unpaired) electrons. The molecule has 1 aromatic heterocycles. The highest BCUT2D eigenvalue weighted by Crippen LogP contribution is 2.29. The minimum atomic E-state index is 0.856. The van der Waals surface area contributed by atoms with E-state index in [9.17, 15) is 0 Å². The number of nitrogen functional groups attached to an aromatic ring is 1. The molecule has 1 nitrogen and oxygen atoms in total. The molecule has 1 aromatic rings. The topological polar surface area (TPSA) is 26.0 Å². The lowest BCUT2D eigenvalue weighted by molar-refractivity contribution is 1.39. The first-order chi connectivity index (χ1) is 7.56. The van der Waals surface area contributed by atoms with E-state index in [1.165, 1.54) is 14.7 Å². The van der Waals surface area contributed by atoms with Gasteiger partial charge in [0.15, 0.2) is 0 Å². The van der Waals surface area contributed by atoms with E-state index in [0.29, 0.717) is 0 Å². The first-order valence-electron chi connectivity index (χ1n) is 5.07. The van der Waals surface area contributed by atoms with Crippen LogP contribution in [0.15, 0.2) is 38.8 Å². The molecule has 0 fully saturated rings. The van der Waals surface area contributed by atoms with Crippen molar-refractivity contribution in [1.82, 2.24) is 0 Å². The van der Waals surface area contributed by atoms with Gasteiger partial charge < -0.3 is 5.73 Å². The Morgan fingerprint density at radius 1 is 1.38 bits per heavy atom. The predicted octanol–water partition coefficient (Wildman–Crippen LogP) is 5.02. The summed E-state index contributed by atoms with van der Waals surface area (Å²) in [6.07, 6.45) is 6.34. The Morgan fingerprint density at radius 3 is 2.50 bits per heavy atom. The van der Waals surface area contributed by atoms with Crippen molar-refractivity contribution in [1.29, 1.82) is 0 Å². The summed E-state index contributed by atoms with van der Waals surface area (Å²) in [5.74, 6) is 0. The van der Waals surface area contributed by atoms with Crippen LogP contribution in [-0.2, 0) is 0 Å². The van der Waals surface area contributed by atoms with Gasteiger partial charge in [0.2, 0.25) is 0 Å². The van der Waals surface area contributed by atoms with E-state index in [4.69, 9.17) is 5.73 Å². The second-order valence-electron chi connectivity index (χ2n) is 3.63. The molecule has 0 unspecified atom stereocenters. The number of anilines is 1. The summed E-state index contributed by atoms with van der Waals surface area (Å²) >= 11 is 4.02. The molecular weight excluding hydrogens is 329 g/mol. The molecule has 2 N–H and O–H groups in total. The quantitative estimate of drug-likeness (QED) is 0.604. The predicted molar refractivity (Wildman–Crippen MR) is 83.9 cm³/mol. The molecule has 0 aliphatic rings. The van der Waals surface area contributed by atoms with E-state index in [0.717, 1.165) is 10.6 Å². The number of rotatable bonds is 3. The van der Waals surface area contributed by atoms with Crippen molar-refractivity contribution in [2.45, 2.75) is 20.8 Å². The van der Waals surface area contributed by atoms with Crippen LogP contribution in [0.2, 0.25) is 0 Å². The van der Waals surface area contributed by atoms with Gasteiger partial charge in [-0.15, -0.1) is 11.3 Å². The van der Waals surface area contributed by atoms with Gasteiger partial charge in [0.25, 0.3) is 0 Å². The second kappa shape index (κ2) is 6.25. The van der Waals surface area contributed by atoms with Gasteiger partial charge in [-0.2, -0.15) is 0 Å². The molecule has 86 valence electrons.